The predicted octanol–water partition coefficient (Wildman–Crippen LogP) is 2.77. The number of anilines is 1. The highest BCUT2D eigenvalue weighted by molar-refractivity contribution is 5.99. The Morgan fingerprint density at radius 3 is 2.69 bits per heavy atom. The maximum Gasteiger partial charge on any atom is 0.433 e. The second kappa shape index (κ2) is 8.15. The third kappa shape index (κ3) is 4.79. The van der Waals surface area contributed by atoms with Gasteiger partial charge in [0.1, 0.15) is 11.2 Å². The first-order valence-corrected chi connectivity index (χ1v) is 8.84. The van der Waals surface area contributed by atoms with Gasteiger partial charge in [0.15, 0.2) is 0 Å². The normalized spacial score (nSPS) is 11.2. The van der Waals surface area contributed by atoms with E-state index in [2.05, 4.69) is 31.2 Å². The van der Waals surface area contributed by atoms with Gasteiger partial charge >= 0.3 is 6.09 Å². The Kier molecular flexibility index (Phi) is 5.64. The number of amides is 2. The summed E-state index contributed by atoms with van der Waals surface area (Å²) in [6.45, 7) is 5.24. The number of fused-ring (bicyclic) bond motifs is 1. The van der Waals surface area contributed by atoms with E-state index in [0.29, 0.717) is 33.5 Å². The summed E-state index contributed by atoms with van der Waals surface area (Å²) in [6.07, 6.45) is 4.10. The van der Waals surface area contributed by atoms with Crippen LogP contribution in [-0.4, -0.2) is 39.6 Å². The van der Waals surface area contributed by atoms with Crippen molar-refractivity contribution in [1.29, 1.82) is 0 Å². The Bertz CT molecular complexity index is 1040. The minimum atomic E-state index is -0.745. The van der Waals surface area contributed by atoms with Gasteiger partial charge in [0, 0.05) is 42.2 Å². The molecule has 3 heterocycles. The summed E-state index contributed by atoms with van der Waals surface area (Å²) < 4.78 is 5.13. The van der Waals surface area contributed by atoms with E-state index in [-0.39, 0.29) is 5.91 Å². The van der Waals surface area contributed by atoms with Crippen LogP contribution in [0.15, 0.2) is 36.8 Å². The highest BCUT2D eigenvalue weighted by Crippen LogP contribution is 2.32. The molecule has 0 atom stereocenters. The third-order valence-electron chi connectivity index (χ3n) is 3.80. The van der Waals surface area contributed by atoms with E-state index in [9.17, 15) is 9.59 Å². The molecular weight excluding hydrogens is 376 g/mol. The van der Waals surface area contributed by atoms with Crippen molar-refractivity contribution in [3.63, 3.8) is 0 Å². The lowest BCUT2D eigenvalue weighted by Crippen LogP contribution is -2.33. The van der Waals surface area contributed by atoms with Crippen molar-refractivity contribution in [3.05, 3.63) is 42.4 Å². The number of aromatic amines is 1. The maximum absolute atomic E-state index is 12.0. The highest BCUT2D eigenvalue weighted by atomic mass is 16.8. The summed E-state index contributed by atoms with van der Waals surface area (Å²) in [6, 6.07) is 5.05. The SMILES string of the molecule is CNC(=O)c1ccnc(-c2cnc3[nH]ccc3c2NONC(=O)OC(C)(C)C)c1. The first kappa shape index (κ1) is 20.1. The molecule has 0 saturated heterocycles. The Morgan fingerprint density at radius 2 is 1.97 bits per heavy atom. The lowest BCUT2D eigenvalue weighted by Gasteiger charge is -2.19. The van der Waals surface area contributed by atoms with Crippen molar-refractivity contribution < 1.29 is 19.3 Å². The zero-order chi connectivity index (χ0) is 21.0. The number of rotatable bonds is 5. The third-order valence-corrected chi connectivity index (χ3v) is 3.80. The van der Waals surface area contributed by atoms with Crippen LogP contribution in [0, 0.1) is 0 Å². The molecule has 0 aromatic carbocycles. The number of nitrogens with zero attached hydrogens (tertiary/aromatic N) is 2. The molecule has 3 aromatic heterocycles. The van der Waals surface area contributed by atoms with Crippen molar-refractivity contribution in [2.45, 2.75) is 26.4 Å². The molecule has 0 spiro atoms. The fourth-order valence-electron chi connectivity index (χ4n) is 2.59. The van der Waals surface area contributed by atoms with Crippen molar-refractivity contribution >= 4 is 28.7 Å². The van der Waals surface area contributed by atoms with E-state index in [1.807, 2.05) is 0 Å². The summed E-state index contributed by atoms with van der Waals surface area (Å²) in [7, 11) is 1.55. The molecule has 10 heteroatoms. The van der Waals surface area contributed by atoms with Crippen LogP contribution < -0.4 is 16.3 Å². The van der Waals surface area contributed by atoms with Gasteiger partial charge in [-0.25, -0.2) is 15.3 Å². The van der Waals surface area contributed by atoms with Gasteiger partial charge in [-0.15, -0.1) is 0 Å². The number of carbonyl (C=O) groups excluding carboxylic acids is 2. The summed E-state index contributed by atoms with van der Waals surface area (Å²) in [5.74, 6) is -0.235. The van der Waals surface area contributed by atoms with Crippen LogP contribution in [-0.2, 0) is 9.68 Å². The first-order valence-electron chi connectivity index (χ1n) is 8.84. The molecule has 10 nitrogen and oxygen atoms in total. The molecule has 4 N–H and O–H groups in total. The van der Waals surface area contributed by atoms with E-state index in [1.165, 1.54) is 6.20 Å². The monoisotopic (exact) mass is 398 g/mol. The zero-order valence-electron chi connectivity index (χ0n) is 16.5. The minimum absolute atomic E-state index is 0.235. The number of pyridine rings is 2. The number of nitrogens with one attached hydrogen (secondary N) is 4. The molecule has 152 valence electrons. The average molecular weight is 398 g/mol. The molecular formula is C19H22N6O4. The van der Waals surface area contributed by atoms with Crippen LogP contribution >= 0.6 is 0 Å². The zero-order valence-corrected chi connectivity index (χ0v) is 16.5. The molecule has 29 heavy (non-hydrogen) atoms. The first-order chi connectivity index (χ1) is 13.8. The molecule has 0 saturated carbocycles. The molecule has 3 aromatic rings. The van der Waals surface area contributed by atoms with Gasteiger partial charge in [-0.1, -0.05) is 0 Å². The number of aromatic nitrogens is 3. The van der Waals surface area contributed by atoms with Gasteiger partial charge in [0.2, 0.25) is 0 Å². The van der Waals surface area contributed by atoms with Gasteiger partial charge in [-0.05, 0) is 39.0 Å². The smallest absolute Gasteiger partial charge is 0.433 e. The van der Waals surface area contributed by atoms with E-state index >= 15 is 0 Å². The fraction of sp³-hybridized carbons (Fsp3) is 0.263. The second-order valence-corrected chi connectivity index (χ2v) is 7.10. The standard InChI is InChI=1S/C19H22N6O4/c1-19(2,3)28-18(27)25-29-24-15-12-6-8-22-16(12)23-10-13(15)14-9-11(5-7-21-14)17(26)20-4/h5-10H,1-4H3,(H,20,26)(H,25,27)(H2,22,23,24). The Morgan fingerprint density at radius 1 is 1.17 bits per heavy atom. The van der Waals surface area contributed by atoms with E-state index in [4.69, 9.17) is 9.68 Å². The molecule has 0 bridgehead atoms. The van der Waals surface area contributed by atoms with Crippen molar-refractivity contribution in [1.82, 2.24) is 25.7 Å². The van der Waals surface area contributed by atoms with Crippen LogP contribution in [0.4, 0.5) is 10.5 Å². The molecule has 0 aliphatic rings. The second-order valence-electron chi connectivity index (χ2n) is 7.10. The molecule has 0 aliphatic heterocycles. The summed E-state index contributed by atoms with van der Waals surface area (Å²) >= 11 is 0. The van der Waals surface area contributed by atoms with Crippen molar-refractivity contribution in [2.24, 2.45) is 0 Å². The van der Waals surface area contributed by atoms with Gasteiger partial charge < -0.3 is 15.0 Å². The summed E-state index contributed by atoms with van der Waals surface area (Å²) in [5, 5.41) is 3.29. The number of H-pyrrole nitrogens is 1. The average Bonchev–Trinajstić information content (AvgIpc) is 3.15. The highest BCUT2D eigenvalue weighted by Gasteiger charge is 2.18. The van der Waals surface area contributed by atoms with Crippen molar-refractivity contribution in [2.75, 3.05) is 12.5 Å². The van der Waals surface area contributed by atoms with Crippen LogP contribution in [0.5, 0.6) is 0 Å². The molecule has 3 rings (SSSR count). The molecule has 0 unspecified atom stereocenters. The lowest BCUT2D eigenvalue weighted by atomic mass is 10.1. The van der Waals surface area contributed by atoms with Gasteiger partial charge in [-0.3, -0.25) is 9.78 Å². The van der Waals surface area contributed by atoms with Crippen molar-refractivity contribution in [3.8, 4) is 11.3 Å². The van der Waals surface area contributed by atoms with E-state index in [1.54, 1.807) is 58.4 Å². The Labute approximate surface area is 166 Å². The predicted molar refractivity (Wildman–Crippen MR) is 107 cm³/mol. The van der Waals surface area contributed by atoms with Gasteiger partial charge in [-0.2, -0.15) is 10.4 Å². The largest absolute Gasteiger partial charge is 0.442 e. The lowest BCUT2D eigenvalue weighted by molar-refractivity contribution is 0.00819. The van der Waals surface area contributed by atoms with E-state index < -0.39 is 11.7 Å². The minimum Gasteiger partial charge on any atom is -0.442 e. The van der Waals surface area contributed by atoms with E-state index in [0.717, 1.165) is 0 Å². The molecule has 0 radical (unpaired) electrons. The van der Waals surface area contributed by atoms with Gasteiger partial charge in [0.25, 0.3) is 5.91 Å². The van der Waals surface area contributed by atoms with Crippen LogP contribution in [0.1, 0.15) is 31.1 Å². The number of hydrogen-bond acceptors (Lipinski definition) is 7. The number of hydrogen-bond donors (Lipinski definition) is 4. The summed E-state index contributed by atoms with van der Waals surface area (Å²) in [4.78, 5) is 40.6. The molecule has 2 amide bonds. The topological polar surface area (TPSA) is 130 Å². The van der Waals surface area contributed by atoms with Crippen LogP contribution in [0.3, 0.4) is 0 Å². The Hall–Kier alpha value is -3.66. The number of carbonyl (C=O) groups is 2. The fourth-order valence-corrected chi connectivity index (χ4v) is 2.59. The number of ether oxygens (including phenoxy) is 1. The van der Waals surface area contributed by atoms with Gasteiger partial charge in [0.05, 0.1) is 11.4 Å². The van der Waals surface area contributed by atoms with Crippen LogP contribution in [0.25, 0.3) is 22.3 Å². The molecule has 0 fully saturated rings. The van der Waals surface area contributed by atoms with Crippen LogP contribution in [0.2, 0.25) is 0 Å². The quantitative estimate of drug-likeness (QED) is 0.486. The summed E-state index contributed by atoms with van der Waals surface area (Å²) in [5.41, 5.74) is 6.87. The Balaban J connectivity index is 1.89. The number of hydroxylamine groups is 1. The maximum atomic E-state index is 12.0. The molecule has 0 aliphatic carbocycles.